The molecule has 4 heteroatoms. The second-order valence-corrected chi connectivity index (χ2v) is 3.67. The number of nitrogens with one attached hydrogen (secondary N) is 1. The standard InChI is InChI=1S/C14H14FNO.ClH/c1-2-9-16-10-11-7-8-14(17-11)12-5-3-4-6-13(12)15;/h2-8,16H,1,9-10H2;1H/p-1. The van der Waals surface area contributed by atoms with E-state index < -0.39 is 0 Å². The van der Waals surface area contributed by atoms with E-state index in [-0.39, 0.29) is 18.2 Å². The van der Waals surface area contributed by atoms with Crippen LogP contribution in [0.4, 0.5) is 4.39 Å². The van der Waals surface area contributed by atoms with Gasteiger partial charge in [-0.3, -0.25) is 0 Å². The van der Waals surface area contributed by atoms with Crippen LogP contribution in [0.15, 0.2) is 53.5 Å². The lowest BCUT2D eigenvalue weighted by atomic mass is 10.1. The van der Waals surface area contributed by atoms with Crippen LogP contribution in [-0.2, 0) is 6.54 Å². The van der Waals surface area contributed by atoms with E-state index in [4.69, 9.17) is 4.42 Å². The number of hydrogen-bond donors (Lipinski definition) is 1. The van der Waals surface area contributed by atoms with Gasteiger partial charge in [-0.1, -0.05) is 18.2 Å². The molecule has 0 radical (unpaired) electrons. The quantitative estimate of drug-likeness (QED) is 0.625. The number of rotatable bonds is 5. The van der Waals surface area contributed by atoms with E-state index in [0.29, 0.717) is 17.9 Å². The van der Waals surface area contributed by atoms with Crippen molar-refractivity contribution in [3.05, 3.63) is 60.6 Å². The molecule has 0 fully saturated rings. The summed E-state index contributed by atoms with van der Waals surface area (Å²) in [5, 5.41) is 3.13. The summed E-state index contributed by atoms with van der Waals surface area (Å²) < 4.78 is 19.1. The summed E-state index contributed by atoms with van der Waals surface area (Å²) in [5.74, 6) is 1.07. The summed E-state index contributed by atoms with van der Waals surface area (Å²) >= 11 is 0. The molecule has 2 rings (SSSR count). The van der Waals surface area contributed by atoms with Crippen molar-refractivity contribution in [2.45, 2.75) is 6.54 Å². The average Bonchev–Trinajstić information content (AvgIpc) is 2.79. The van der Waals surface area contributed by atoms with Gasteiger partial charge < -0.3 is 22.1 Å². The van der Waals surface area contributed by atoms with Gasteiger partial charge in [-0.05, 0) is 24.3 Å². The summed E-state index contributed by atoms with van der Waals surface area (Å²) in [6, 6.07) is 10.2. The van der Waals surface area contributed by atoms with Crippen LogP contribution >= 0.6 is 0 Å². The van der Waals surface area contributed by atoms with E-state index in [0.717, 1.165) is 12.3 Å². The van der Waals surface area contributed by atoms with Crippen LogP contribution in [0.5, 0.6) is 0 Å². The molecule has 0 bridgehead atoms. The summed E-state index contributed by atoms with van der Waals surface area (Å²) in [6.07, 6.45) is 1.78. The maximum Gasteiger partial charge on any atom is 0.137 e. The van der Waals surface area contributed by atoms with Crippen molar-refractivity contribution < 1.29 is 21.2 Å². The fourth-order valence-corrected chi connectivity index (χ4v) is 1.58. The Kier molecular flexibility index (Phi) is 5.62. The van der Waals surface area contributed by atoms with Crippen molar-refractivity contribution in [1.82, 2.24) is 5.32 Å². The number of hydrogen-bond acceptors (Lipinski definition) is 2. The topological polar surface area (TPSA) is 25.2 Å². The summed E-state index contributed by atoms with van der Waals surface area (Å²) in [6.45, 7) is 4.94. The van der Waals surface area contributed by atoms with Crippen molar-refractivity contribution >= 4 is 0 Å². The molecule has 1 aromatic heterocycles. The second kappa shape index (κ2) is 6.99. The predicted molar refractivity (Wildman–Crippen MR) is 66.0 cm³/mol. The molecule has 0 aliphatic carbocycles. The van der Waals surface area contributed by atoms with Gasteiger partial charge in [0, 0.05) is 6.54 Å². The van der Waals surface area contributed by atoms with Crippen molar-refractivity contribution in [1.29, 1.82) is 0 Å². The zero-order valence-corrected chi connectivity index (χ0v) is 10.6. The maximum absolute atomic E-state index is 13.5. The molecular weight excluding hydrogens is 253 g/mol. The van der Waals surface area contributed by atoms with Crippen LogP contribution in [0.2, 0.25) is 0 Å². The summed E-state index contributed by atoms with van der Waals surface area (Å²) in [5.41, 5.74) is 0.488. The molecular formula is C14H14ClFNO-. The minimum atomic E-state index is -0.271. The Morgan fingerprint density at radius 3 is 2.72 bits per heavy atom. The van der Waals surface area contributed by atoms with Crippen LogP contribution in [-0.4, -0.2) is 6.54 Å². The Morgan fingerprint density at radius 2 is 2.00 bits per heavy atom. The molecule has 96 valence electrons. The third-order valence-electron chi connectivity index (χ3n) is 2.39. The van der Waals surface area contributed by atoms with Crippen molar-refractivity contribution in [3.8, 4) is 11.3 Å². The number of benzene rings is 1. The minimum Gasteiger partial charge on any atom is -1.00 e. The van der Waals surface area contributed by atoms with Crippen LogP contribution < -0.4 is 17.7 Å². The first-order valence-corrected chi connectivity index (χ1v) is 5.46. The summed E-state index contributed by atoms with van der Waals surface area (Å²) in [4.78, 5) is 0. The van der Waals surface area contributed by atoms with E-state index >= 15 is 0 Å². The molecule has 2 aromatic rings. The van der Waals surface area contributed by atoms with E-state index in [9.17, 15) is 4.39 Å². The largest absolute Gasteiger partial charge is 1.00 e. The number of halogens is 2. The fraction of sp³-hybridized carbons (Fsp3) is 0.143. The van der Waals surface area contributed by atoms with Crippen LogP contribution in [0.3, 0.4) is 0 Å². The lowest BCUT2D eigenvalue weighted by Gasteiger charge is -1.99. The molecule has 0 aliphatic rings. The minimum absolute atomic E-state index is 0. The Hall–Kier alpha value is -1.58. The SMILES string of the molecule is C=CCNCc1ccc(-c2ccccc2F)o1.[Cl-]. The Balaban J connectivity index is 0.00000162. The molecule has 0 saturated heterocycles. The first-order chi connectivity index (χ1) is 8.31. The third kappa shape index (κ3) is 3.45. The zero-order valence-electron chi connectivity index (χ0n) is 9.83. The number of furan rings is 1. The van der Waals surface area contributed by atoms with Crippen LogP contribution in [0.1, 0.15) is 5.76 Å². The Morgan fingerprint density at radius 1 is 1.22 bits per heavy atom. The molecule has 0 atom stereocenters. The highest BCUT2D eigenvalue weighted by Crippen LogP contribution is 2.24. The molecule has 1 aromatic carbocycles. The molecule has 1 N–H and O–H groups in total. The van der Waals surface area contributed by atoms with Gasteiger partial charge in [0.15, 0.2) is 0 Å². The molecule has 0 aliphatic heterocycles. The van der Waals surface area contributed by atoms with Gasteiger partial charge >= 0.3 is 0 Å². The van der Waals surface area contributed by atoms with Crippen molar-refractivity contribution in [3.63, 3.8) is 0 Å². The lowest BCUT2D eigenvalue weighted by Crippen LogP contribution is -3.00. The Labute approximate surface area is 112 Å². The van der Waals surface area contributed by atoms with Gasteiger partial charge in [0.1, 0.15) is 17.3 Å². The highest BCUT2D eigenvalue weighted by molar-refractivity contribution is 5.58. The van der Waals surface area contributed by atoms with Crippen molar-refractivity contribution in [2.75, 3.05) is 6.54 Å². The third-order valence-corrected chi connectivity index (χ3v) is 2.39. The van der Waals surface area contributed by atoms with Gasteiger partial charge in [-0.15, -0.1) is 6.58 Å². The molecule has 0 spiro atoms. The molecule has 1 heterocycles. The summed E-state index contributed by atoms with van der Waals surface area (Å²) in [7, 11) is 0. The molecule has 0 unspecified atom stereocenters. The monoisotopic (exact) mass is 266 g/mol. The second-order valence-electron chi connectivity index (χ2n) is 3.67. The average molecular weight is 267 g/mol. The fourth-order valence-electron chi connectivity index (χ4n) is 1.58. The molecule has 0 amide bonds. The van der Waals surface area contributed by atoms with Crippen molar-refractivity contribution in [2.24, 2.45) is 0 Å². The van der Waals surface area contributed by atoms with E-state index in [1.807, 2.05) is 6.07 Å². The van der Waals surface area contributed by atoms with Gasteiger partial charge in [-0.25, -0.2) is 4.39 Å². The van der Waals surface area contributed by atoms with Gasteiger partial charge in [0.2, 0.25) is 0 Å². The lowest BCUT2D eigenvalue weighted by molar-refractivity contribution is -0.00000462. The Bertz CT molecular complexity index is 510. The van der Waals surface area contributed by atoms with Crippen LogP contribution in [0.25, 0.3) is 11.3 Å². The van der Waals surface area contributed by atoms with Gasteiger partial charge in [0.25, 0.3) is 0 Å². The smallest absolute Gasteiger partial charge is 0.137 e. The highest BCUT2D eigenvalue weighted by Gasteiger charge is 2.08. The normalized spacial score (nSPS) is 9.83. The van der Waals surface area contributed by atoms with Gasteiger partial charge in [0.05, 0.1) is 12.1 Å². The zero-order chi connectivity index (χ0) is 12.1. The predicted octanol–water partition coefficient (Wildman–Crippen LogP) is 0.365. The van der Waals surface area contributed by atoms with Gasteiger partial charge in [-0.2, -0.15) is 0 Å². The maximum atomic E-state index is 13.5. The van der Waals surface area contributed by atoms with E-state index in [2.05, 4.69) is 11.9 Å². The molecule has 0 saturated carbocycles. The first-order valence-electron chi connectivity index (χ1n) is 5.46. The van der Waals surface area contributed by atoms with E-state index in [1.165, 1.54) is 6.07 Å². The first kappa shape index (κ1) is 14.5. The molecule has 2 nitrogen and oxygen atoms in total. The van der Waals surface area contributed by atoms with E-state index in [1.54, 1.807) is 30.3 Å². The highest BCUT2D eigenvalue weighted by atomic mass is 35.5. The van der Waals surface area contributed by atoms with Crippen LogP contribution in [0, 0.1) is 5.82 Å². The molecule has 18 heavy (non-hydrogen) atoms.